The zero-order chi connectivity index (χ0) is 20.9. The van der Waals surface area contributed by atoms with E-state index in [0.717, 1.165) is 27.7 Å². The van der Waals surface area contributed by atoms with Crippen LogP contribution in [0, 0.1) is 0 Å². The van der Waals surface area contributed by atoms with Gasteiger partial charge in [-0.15, -0.1) is 0 Å². The molecule has 1 saturated heterocycles. The molecule has 9 nitrogen and oxygen atoms in total. The molecule has 1 heterocycles. The lowest BCUT2D eigenvalue weighted by molar-refractivity contribution is -0.276. The van der Waals surface area contributed by atoms with Gasteiger partial charge in [-0.25, -0.2) is 0 Å². The minimum absolute atomic E-state index is 0.610. The molecule has 0 aromatic carbocycles. The molecule has 5 atom stereocenters. The summed E-state index contributed by atoms with van der Waals surface area (Å²) in [5.74, 6) is -3.56. The third-order valence-electron chi connectivity index (χ3n) is 3.31. The molecular formula is C15H19ClF2O9. The van der Waals surface area contributed by atoms with E-state index in [2.05, 4.69) is 0 Å². The average molecular weight is 417 g/mol. The SMILES string of the molecule is CC(=O)OC[C@H]1O[C@@H](C(F)(F)Cl)[C@H](OC(C)=O)[C@@H](OC(C)=O)[C@@H]1OC(C)=O. The number of rotatable bonds is 6. The number of hydrogen-bond donors (Lipinski definition) is 0. The fraction of sp³-hybridized carbons (Fsp3) is 0.733. The van der Waals surface area contributed by atoms with Gasteiger partial charge in [0.25, 0.3) is 0 Å². The van der Waals surface area contributed by atoms with Gasteiger partial charge in [-0.2, -0.15) is 8.78 Å². The Morgan fingerprint density at radius 3 is 1.70 bits per heavy atom. The van der Waals surface area contributed by atoms with Gasteiger partial charge in [-0.3, -0.25) is 19.2 Å². The van der Waals surface area contributed by atoms with Crippen LogP contribution >= 0.6 is 11.6 Å². The smallest absolute Gasteiger partial charge is 0.351 e. The summed E-state index contributed by atoms with van der Waals surface area (Å²) >= 11 is 5.07. The molecule has 0 aromatic heterocycles. The maximum atomic E-state index is 13.9. The molecule has 0 radical (unpaired) electrons. The van der Waals surface area contributed by atoms with Crippen molar-refractivity contribution in [2.75, 3.05) is 6.61 Å². The maximum absolute atomic E-state index is 13.9. The normalized spacial score (nSPS) is 28.0. The van der Waals surface area contributed by atoms with Crippen LogP contribution in [-0.4, -0.2) is 66.4 Å². The second-order valence-electron chi connectivity index (χ2n) is 5.66. The lowest BCUT2D eigenvalue weighted by Gasteiger charge is -2.45. The highest BCUT2D eigenvalue weighted by Gasteiger charge is 2.59. The number of carbonyl (C=O) groups excluding carboxylic acids is 4. The van der Waals surface area contributed by atoms with Crippen LogP contribution in [0.25, 0.3) is 0 Å². The van der Waals surface area contributed by atoms with E-state index >= 15 is 0 Å². The molecule has 154 valence electrons. The van der Waals surface area contributed by atoms with E-state index in [0.29, 0.717) is 0 Å². The zero-order valence-electron chi connectivity index (χ0n) is 14.9. The van der Waals surface area contributed by atoms with Gasteiger partial charge < -0.3 is 23.7 Å². The number of alkyl halides is 3. The van der Waals surface area contributed by atoms with Gasteiger partial charge >= 0.3 is 29.3 Å². The van der Waals surface area contributed by atoms with E-state index < -0.39 is 66.4 Å². The lowest BCUT2D eigenvalue weighted by atomic mass is 9.94. The Hall–Kier alpha value is -2.01. The molecule has 1 fully saturated rings. The summed E-state index contributed by atoms with van der Waals surface area (Å²) < 4.78 is 52.4. The first-order valence-corrected chi connectivity index (χ1v) is 8.08. The van der Waals surface area contributed by atoms with Crippen molar-refractivity contribution in [2.45, 2.75) is 63.6 Å². The molecule has 1 aliphatic rings. The van der Waals surface area contributed by atoms with Gasteiger partial charge in [0, 0.05) is 27.7 Å². The Morgan fingerprint density at radius 2 is 1.30 bits per heavy atom. The summed E-state index contributed by atoms with van der Waals surface area (Å²) in [5.41, 5.74) is 0. The van der Waals surface area contributed by atoms with Crippen molar-refractivity contribution in [3.05, 3.63) is 0 Å². The van der Waals surface area contributed by atoms with Crippen LogP contribution < -0.4 is 0 Å². The molecule has 0 saturated carbocycles. The van der Waals surface area contributed by atoms with E-state index in [1.54, 1.807) is 0 Å². The minimum atomic E-state index is -4.06. The van der Waals surface area contributed by atoms with Crippen LogP contribution in [0.3, 0.4) is 0 Å². The number of halogens is 3. The molecule has 1 rings (SSSR count). The van der Waals surface area contributed by atoms with Gasteiger partial charge in [-0.1, -0.05) is 0 Å². The average Bonchev–Trinajstić information content (AvgIpc) is 2.46. The molecule has 0 aliphatic carbocycles. The maximum Gasteiger partial charge on any atom is 0.351 e. The Bertz CT molecular complexity index is 592. The predicted molar refractivity (Wildman–Crippen MR) is 82.8 cm³/mol. The second kappa shape index (κ2) is 9.27. The Morgan fingerprint density at radius 1 is 0.852 bits per heavy atom. The molecule has 1 aliphatic heterocycles. The molecular weight excluding hydrogens is 398 g/mol. The Labute approximate surface area is 158 Å². The highest BCUT2D eigenvalue weighted by Crippen LogP contribution is 2.38. The van der Waals surface area contributed by atoms with Crippen LogP contribution in [0.5, 0.6) is 0 Å². The van der Waals surface area contributed by atoms with Gasteiger partial charge in [0.15, 0.2) is 24.4 Å². The van der Waals surface area contributed by atoms with E-state index in [1.807, 2.05) is 0 Å². The third kappa shape index (κ3) is 6.90. The first kappa shape index (κ1) is 23.0. The van der Waals surface area contributed by atoms with Crippen molar-refractivity contribution in [2.24, 2.45) is 0 Å². The number of ether oxygens (including phenoxy) is 5. The highest BCUT2D eigenvalue weighted by molar-refractivity contribution is 6.22. The molecule has 0 aromatic rings. The summed E-state index contributed by atoms with van der Waals surface area (Å²) in [6, 6.07) is 0. The molecule has 27 heavy (non-hydrogen) atoms. The zero-order valence-corrected chi connectivity index (χ0v) is 15.7. The monoisotopic (exact) mass is 416 g/mol. The van der Waals surface area contributed by atoms with Crippen molar-refractivity contribution < 1.29 is 51.6 Å². The van der Waals surface area contributed by atoms with Crippen molar-refractivity contribution in [1.29, 1.82) is 0 Å². The Balaban J connectivity index is 3.36. The summed E-state index contributed by atoms with van der Waals surface area (Å²) in [7, 11) is 0. The van der Waals surface area contributed by atoms with Crippen LogP contribution in [0.1, 0.15) is 27.7 Å². The van der Waals surface area contributed by atoms with Crippen LogP contribution in [-0.2, 0) is 42.9 Å². The third-order valence-corrected chi connectivity index (χ3v) is 3.53. The standard InChI is InChI=1S/C15H19ClF2O9/c1-6(19)23-5-10-11(24-7(2)20)12(25-8(3)21)13(26-9(4)22)14(27-10)15(16,17)18/h10-14H,5H2,1-4H3/t10-,11-,12+,13-,14-/m1/s1. The molecule has 0 N–H and O–H groups in total. The molecule has 0 unspecified atom stereocenters. The van der Waals surface area contributed by atoms with Crippen LogP contribution in [0.15, 0.2) is 0 Å². The molecule has 0 amide bonds. The number of carbonyl (C=O) groups is 4. The topological polar surface area (TPSA) is 114 Å². The van der Waals surface area contributed by atoms with Crippen molar-refractivity contribution in [3.8, 4) is 0 Å². The van der Waals surface area contributed by atoms with Crippen molar-refractivity contribution >= 4 is 35.5 Å². The van der Waals surface area contributed by atoms with E-state index in [4.69, 9.17) is 35.3 Å². The van der Waals surface area contributed by atoms with Crippen molar-refractivity contribution in [3.63, 3.8) is 0 Å². The van der Waals surface area contributed by atoms with Gasteiger partial charge in [0.2, 0.25) is 0 Å². The molecule has 0 bridgehead atoms. The fourth-order valence-corrected chi connectivity index (χ4v) is 2.67. The van der Waals surface area contributed by atoms with Gasteiger partial charge in [-0.05, 0) is 11.6 Å². The fourth-order valence-electron chi connectivity index (χ4n) is 2.49. The molecule has 0 spiro atoms. The minimum Gasteiger partial charge on any atom is -0.463 e. The van der Waals surface area contributed by atoms with Crippen LogP contribution in [0.4, 0.5) is 8.78 Å². The largest absolute Gasteiger partial charge is 0.463 e. The summed E-state index contributed by atoms with van der Waals surface area (Å²) in [6.45, 7) is 3.36. The van der Waals surface area contributed by atoms with E-state index in [1.165, 1.54) is 0 Å². The van der Waals surface area contributed by atoms with Gasteiger partial charge in [0.05, 0.1) is 0 Å². The van der Waals surface area contributed by atoms with E-state index in [-0.39, 0.29) is 0 Å². The van der Waals surface area contributed by atoms with Crippen molar-refractivity contribution in [1.82, 2.24) is 0 Å². The Kier molecular flexibility index (Phi) is 7.90. The van der Waals surface area contributed by atoms with Crippen LogP contribution in [0.2, 0.25) is 0 Å². The van der Waals surface area contributed by atoms with Gasteiger partial charge in [0.1, 0.15) is 12.7 Å². The number of esters is 4. The number of hydrogen-bond acceptors (Lipinski definition) is 9. The highest BCUT2D eigenvalue weighted by atomic mass is 35.5. The first-order chi connectivity index (χ1) is 12.3. The predicted octanol–water partition coefficient (Wildman–Crippen LogP) is 0.944. The summed E-state index contributed by atoms with van der Waals surface area (Å²) in [5, 5.41) is -4.06. The van der Waals surface area contributed by atoms with E-state index in [9.17, 15) is 28.0 Å². The second-order valence-corrected chi connectivity index (χ2v) is 6.17. The lowest BCUT2D eigenvalue weighted by Crippen LogP contribution is -2.65. The quantitative estimate of drug-likeness (QED) is 0.354. The first-order valence-electron chi connectivity index (χ1n) is 7.70. The summed E-state index contributed by atoms with van der Waals surface area (Å²) in [6.07, 6.45) is -8.83. The molecule has 12 heteroatoms. The summed E-state index contributed by atoms with van der Waals surface area (Å²) in [4.78, 5) is 45.3.